The van der Waals surface area contributed by atoms with Gasteiger partial charge in [-0.3, -0.25) is 14.5 Å². The van der Waals surface area contributed by atoms with Gasteiger partial charge in [0.15, 0.2) is 5.78 Å². The Labute approximate surface area is 121 Å². The number of likely N-dealkylation sites (N-methyl/N-ethyl adjacent to an activating group) is 1. The van der Waals surface area contributed by atoms with Gasteiger partial charge in [-0.1, -0.05) is 31.2 Å². The number of carbonyl (C=O) groups is 2. The van der Waals surface area contributed by atoms with Crippen molar-refractivity contribution in [1.29, 1.82) is 0 Å². The predicted molar refractivity (Wildman–Crippen MR) is 80.9 cm³/mol. The molecule has 0 N–H and O–H groups in total. The second kappa shape index (κ2) is 7.80. The molecule has 4 heteroatoms. The molecule has 20 heavy (non-hydrogen) atoms. The molecule has 1 aromatic carbocycles. The highest BCUT2D eigenvalue weighted by atomic mass is 16.2. The van der Waals surface area contributed by atoms with Crippen molar-refractivity contribution in [1.82, 2.24) is 9.80 Å². The number of ketones is 1. The number of carbonyl (C=O) groups excluding carboxylic acids is 2. The lowest BCUT2D eigenvalue weighted by molar-refractivity contribution is -0.129. The fraction of sp³-hybridized carbons (Fsp3) is 0.500. The van der Waals surface area contributed by atoms with Crippen LogP contribution >= 0.6 is 0 Å². The Morgan fingerprint density at radius 2 is 1.75 bits per heavy atom. The van der Waals surface area contributed by atoms with Crippen LogP contribution in [0.4, 0.5) is 0 Å². The zero-order valence-electron chi connectivity index (χ0n) is 12.8. The molecule has 0 saturated carbocycles. The summed E-state index contributed by atoms with van der Waals surface area (Å²) in [6.45, 7) is 5.31. The van der Waals surface area contributed by atoms with Gasteiger partial charge in [-0.2, -0.15) is 0 Å². The van der Waals surface area contributed by atoms with Crippen molar-refractivity contribution in [3.8, 4) is 0 Å². The number of nitrogens with zero attached hydrogens (tertiary/aromatic N) is 2. The molecule has 1 aromatic rings. The monoisotopic (exact) mass is 276 g/mol. The Balaban J connectivity index is 2.73. The lowest BCUT2D eigenvalue weighted by Crippen LogP contribution is -2.39. The van der Waals surface area contributed by atoms with Gasteiger partial charge in [0, 0.05) is 19.7 Å². The van der Waals surface area contributed by atoms with Gasteiger partial charge in [0.05, 0.1) is 13.1 Å². The molecular formula is C16H24N2O2. The summed E-state index contributed by atoms with van der Waals surface area (Å²) in [5.74, 6) is 0.0964. The van der Waals surface area contributed by atoms with Crippen molar-refractivity contribution in [2.24, 2.45) is 0 Å². The van der Waals surface area contributed by atoms with Gasteiger partial charge >= 0.3 is 0 Å². The number of rotatable bonds is 7. The highest BCUT2D eigenvalue weighted by Crippen LogP contribution is 2.09. The van der Waals surface area contributed by atoms with E-state index in [9.17, 15) is 9.59 Å². The number of aryl methyl sites for hydroxylation is 1. The van der Waals surface area contributed by atoms with Crippen LogP contribution in [0.3, 0.4) is 0 Å². The summed E-state index contributed by atoms with van der Waals surface area (Å²) in [6.07, 6.45) is 0.918. The Hall–Kier alpha value is -1.68. The molecule has 0 unspecified atom stereocenters. The fourth-order valence-electron chi connectivity index (χ4n) is 2.04. The number of hydrogen-bond donors (Lipinski definition) is 0. The maximum absolute atomic E-state index is 12.3. The zero-order valence-corrected chi connectivity index (χ0v) is 12.8. The van der Waals surface area contributed by atoms with Crippen LogP contribution in [-0.2, 0) is 4.79 Å². The minimum Gasteiger partial charge on any atom is -0.348 e. The third-order valence-corrected chi connectivity index (χ3v) is 3.21. The summed E-state index contributed by atoms with van der Waals surface area (Å²) in [5.41, 5.74) is 1.72. The molecule has 0 heterocycles. The molecule has 0 bridgehead atoms. The van der Waals surface area contributed by atoms with Gasteiger partial charge in [0.1, 0.15) is 0 Å². The molecular weight excluding hydrogens is 252 g/mol. The first kappa shape index (κ1) is 16.4. The van der Waals surface area contributed by atoms with E-state index in [1.807, 2.05) is 43.0 Å². The van der Waals surface area contributed by atoms with Crippen LogP contribution in [0.5, 0.6) is 0 Å². The van der Waals surface area contributed by atoms with Gasteiger partial charge in [0.2, 0.25) is 5.91 Å². The van der Waals surface area contributed by atoms with E-state index in [1.165, 1.54) is 0 Å². The summed E-state index contributed by atoms with van der Waals surface area (Å²) in [5, 5.41) is 0. The molecule has 0 aliphatic rings. The quantitative estimate of drug-likeness (QED) is 0.715. The van der Waals surface area contributed by atoms with Gasteiger partial charge in [-0.05, 0) is 25.5 Å². The largest absolute Gasteiger partial charge is 0.348 e. The second-order valence-corrected chi connectivity index (χ2v) is 5.24. The van der Waals surface area contributed by atoms with Crippen LogP contribution < -0.4 is 0 Å². The minimum atomic E-state index is 0.0241. The van der Waals surface area contributed by atoms with Crippen molar-refractivity contribution in [2.45, 2.75) is 20.3 Å². The number of Topliss-reactive ketones (excluding diaryl/α,β-unsaturated/α-hetero) is 1. The Bertz CT molecular complexity index is 469. The summed E-state index contributed by atoms with van der Waals surface area (Å²) < 4.78 is 0. The molecule has 110 valence electrons. The first-order chi connectivity index (χ1) is 9.45. The van der Waals surface area contributed by atoms with Gasteiger partial charge < -0.3 is 4.90 Å². The zero-order chi connectivity index (χ0) is 15.1. The Morgan fingerprint density at radius 1 is 1.10 bits per heavy atom. The molecule has 0 aromatic heterocycles. The van der Waals surface area contributed by atoms with Crippen molar-refractivity contribution in [3.05, 3.63) is 35.4 Å². The summed E-state index contributed by atoms with van der Waals surface area (Å²) in [7, 11) is 3.46. The molecule has 0 fully saturated rings. The van der Waals surface area contributed by atoms with Crippen LogP contribution in [0.1, 0.15) is 29.3 Å². The second-order valence-electron chi connectivity index (χ2n) is 5.24. The molecule has 0 saturated heterocycles. The van der Waals surface area contributed by atoms with Gasteiger partial charge in [-0.15, -0.1) is 0 Å². The third-order valence-electron chi connectivity index (χ3n) is 3.21. The van der Waals surface area contributed by atoms with E-state index in [1.54, 1.807) is 19.0 Å². The molecule has 4 nitrogen and oxygen atoms in total. The molecule has 1 amide bonds. The predicted octanol–water partition coefficient (Wildman–Crippen LogP) is 1.98. The van der Waals surface area contributed by atoms with Crippen LogP contribution in [0.15, 0.2) is 24.3 Å². The minimum absolute atomic E-state index is 0.0241. The smallest absolute Gasteiger partial charge is 0.236 e. The lowest BCUT2D eigenvalue weighted by atomic mass is 10.0. The highest BCUT2D eigenvalue weighted by molar-refractivity contribution is 5.99. The van der Waals surface area contributed by atoms with Crippen molar-refractivity contribution < 1.29 is 9.59 Å². The van der Waals surface area contributed by atoms with E-state index in [0.29, 0.717) is 6.54 Å². The summed E-state index contributed by atoms with van der Waals surface area (Å²) in [4.78, 5) is 27.6. The SMILES string of the molecule is CCCN(CC(=O)c1ccccc1C)CC(=O)N(C)C. The standard InChI is InChI=1S/C16H24N2O2/c1-5-10-18(12-16(20)17(3)4)11-15(19)14-9-7-6-8-13(14)2/h6-9H,5,10-12H2,1-4H3. The lowest BCUT2D eigenvalue weighted by Gasteiger charge is -2.22. The number of benzene rings is 1. The molecule has 1 rings (SSSR count). The van der Waals surface area contributed by atoms with E-state index in [2.05, 4.69) is 0 Å². The van der Waals surface area contributed by atoms with E-state index in [-0.39, 0.29) is 18.2 Å². The van der Waals surface area contributed by atoms with Crippen molar-refractivity contribution >= 4 is 11.7 Å². The van der Waals surface area contributed by atoms with Crippen LogP contribution in [0.2, 0.25) is 0 Å². The highest BCUT2D eigenvalue weighted by Gasteiger charge is 2.17. The van der Waals surface area contributed by atoms with Gasteiger partial charge in [-0.25, -0.2) is 0 Å². The Kier molecular flexibility index (Phi) is 6.39. The fourth-order valence-corrected chi connectivity index (χ4v) is 2.04. The topological polar surface area (TPSA) is 40.6 Å². The van der Waals surface area contributed by atoms with E-state index >= 15 is 0 Å². The summed E-state index contributed by atoms with van der Waals surface area (Å²) >= 11 is 0. The number of hydrogen-bond acceptors (Lipinski definition) is 3. The van der Waals surface area contributed by atoms with Crippen molar-refractivity contribution in [2.75, 3.05) is 33.7 Å². The molecule has 0 atom stereocenters. The Morgan fingerprint density at radius 3 is 2.30 bits per heavy atom. The first-order valence-corrected chi connectivity index (χ1v) is 6.97. The average Bonchev–Trinajstić information content (AvgIpc) is 2.39. The maximum Gasteiger partial charge on any atom is 0.236 e. The normalized spacial score (nSPS) is 10.7. The van der Waals surface area contributed by atoms with Gasteiger partial charge in [0.25, 0.3) is 0 Å². The number of amides is 1. The average molecular weight is 276 g/mol. The van der Waals surface area contributed by atoms with Crippen LogP contribution in [0.25, 0.3) is 0 Å². The maximum atomic E-state index is 12.3. The molecule has 0 radical (unpaired) electrons. The van der Waals surface area contributed by atoms with Crippen LogP contribution in [0, 0.1) is 6.92 Å². The van der Waals surface area contributed by atoms with Crippen molar-refractivity contribution in [3.63, 3.8) is 0 Å². The molecule has 0 aliphatic carbocycles. The van der Waals surface area contributed by atoms with E-state index < -0.39 is 0 Å². The first-order valence-electron chi connectivity index (χ1n) is 6.97. The van der Waals surface area contributed by atoms with E-state index in [0.717, 1.165) is 24.1 Å². The van der Waals surface area contributed by atoms with E-state index in [4.69, 9.17) is 0 Å². The molecule has 0 spiro atoms. The van der Waals surface area contributed by atoms with Crippen LogP contribution in [-0.4, -0.2) is 55.2 Å². The third kappa shape index (κ3) is 4.78. The summed E-state index contributed by atoms with van der Waals surface area (Å²) in [6, 6.07) is 7.57. The molecule has 0 aliphatic heterocycles.